The maximum Gasteiger partial charge on any atom is 0.0405 e. The van der Waals surface area contributed by atoms with E-state index in [-0.39, 0.29) is 1.43 Å². The van der Waals surface area contributed by atoms with Gasteiger partial charge >= 0.3 is 0 Å². The van der Waals surface area contributed by atoms with Gasteiger partial charge in [0.25, 0.3) is 0 Å². The first-order chi connectivity index (χ1) is 7.00. The van der Waals surface area contributed by atoms with E-state index in [2.05, 4.69) is 39.9 Å². The Bertz CT molecular complexity index is 344. The van der Waals surface area contributed by atoms with E-state index in [0.717, 1.165) is 6.54 Å². The van der Waals surface area contributed by atoms with Gasteiger partial charge in [0.05, 0.1) is 0 Å². The third-order valence-electron chi connectivity index (χ3n) is 3.45. The molecule has 0 heterocycles. The van der Waals surface area contributed by atoms with Crippen molar-refractivity contribution in [1.82, 2.24) is 0 Å². The van der Waals surface area contributed by atoms with Gasteiger partial charge in [0.1, 0.15) is 0 Å². The smallest absolute Gasteiger partial charge is 0.0405 e. The fraction of sp³-hybridized carbons (Fsp3) is 0.538. The standard InChI is InChI=1S/C13H22N2.H2/c1-8-9(2)11(4)13(15-7-6-14)12(5)10(8)3;/h15H,6-7,14H2,1-5H3;1H. The molecule has 0 bridgehead atoms. The molecule has 1 rings (SSSR count). The molecule has 0 atom stereocenters. The van der Waals surface area contributed by atoms with Gasteiger partial charge in [-0.15, -0.1) is 0 Å². The summed E-state index contributed by atoms with van der Waals surface area (Å²) in [5.74, 6) is 0. The predicted molar refractivity (Wildman–Crippen MR) is 69.8 cm³/mol. The van der Waals surface area contributed by atoms with Crippen LogP contribution in [-0.4, -0.2) is 13.1 Å². The van der Waals surface area contributed by atoms with Gasteiger partial charge in [-0.2, -0.15) is 0 Å². The second-order valence-electron chi connectivity index (χ2n) is 4.22. The van der Waals surface area contributed by atoms with Gasteiger partial charge < -0.3 is 11.1 Å². The van der Waals surface area contributed by atoms with Crippen LogP contribution in [0.15, 0.2) is 0 Å². The van der Waals surface area contributed by atoms with Crippen LogP contribution >= 0.6 is 0 Å². The lowest BCUT2D eigenvalue weighted by molar-refractivity contribution is 1.01. The zero-order valence-corrected chi connectivity index (χ0v) is 10.5. The molecular formula is C13H24N2. The highest BCUT2D eigenvalue weighted by Crippen LogP contribution is 2.29. The van der Waals surface area contributed by atoms with E-state index in [0.29, 0.717) is 6.54 Å². The summed E-state index contributed by atoms with van der Waals surface area (Å²) < 4.78 is 0. The summed E-state index contributed by atoms with van der Waals surface area (Å²) in [6.07, 6.45) is 0. The number of nitrogens with one attached hydrogen (secondary N) is 1. The van der Waals surface area contributed by atoms with E-state index in [1.165, 1.54) is 33.5 Å². The van der Waals surface area contributed by atoms with Crippen molar-refractivity contribution in [1.29, 1.82) is 0 Å². The van der Waals surface area contributed by atoms with E-state index in [1.54, 1.807) is 0 Å². The molecular weight excluding hydrogens is 184 g/mol. The molecule has 2 heteroatoms. The monoisotopic (exact) mass is 208 g/mol. The summed E-state index contributed by atoms with van der Waals surface area (Å²) in [6, 6.07) is 0. The van der Waals surface area contributed by atoms with E-state index in [4.69, 9.17) is 5.73 Å². The molecule has 3 N–H and O–H groups in total. The molecule has 0 radical (unpaired) electrons. The SMILES string of the molecule is Cc1c(C)c(C)c(NCCN)c(C)c1C.[HH]. The highest BCUT2D eigenvalue weighted by atomic mass is 14.9. The summed E-state index contributed by atoms with van der Waals surface area (Å²) in [4.78, 5) is 0. The molecule has 0 saturated carbocycles. The van der Waals surface area contributed by atoms with Crippen molar-refractivity contribution < 1.29 is 1.43 Å². The van der Waals surface area contributed by atoms with Crippen molar-refractivity contribution in [2.75, 3.05) is 18.4 Å². The third-order valence-corrected chi connectivity index (χ3v) is 3.45. The van der Waals surface area contributed by atoms with Crippen LogP contribution in [0.25, 0.3) is 0 Å². The Balaban J connectivity index is 0.00000225. The number of hydrogen-bond donors (Lipinski definition) is 2. The quantitative estimate of drug-likeness (QED) is 0.801. The van der Waals surface area contributed by atoms with Gasteiger partial charge in [0.2, 0.25) is 0 Å². The molecule has 15 heavy (non-hydrogen) atoms. The van der Waals surface area contributed by atoms with Crippen LogP contribution in [0.4, 0.5) is 5.69 Å². The van der Waals surface area contributed by atoms with Gasteiger partial charge in [0.15, 0.2) is 0 Å². The zero-order chi connectivity index (χ0) is 11.6. The molecule has 1 aromatic carbocycles. The normalized spacial score (nSPS) is 10.5. The summed E-state index contributed by atoms with van der Waals surface area (Å²) >= 11 is 0. The van der Waals surface area contributed by atoms with Crippen molar-refractivity contribution in [3.05, 3.63) is 27.8 Å². The van der Waals surface area contributed by atoms with Crippen molar-refractivity contribution in [3.63, 3.8) is 0 Å². The summed E-state index contributed by atoms with van der Waals surface area (Å²) in [6.45, 7) is 12.4. The van der Waals surface area contributed by atoms with Crippen LogP contribution in [0.5, 0.6) is 0 Å². The molecule has 0 aliphatic rings. The van der Waals surface area contributed by atoms with Crippen LogP contribution in [0.2, 0.25) is 0 Å². The first kappa shape index (κ1) is 12.1. The predicted octanol–water partition coefficient (Wildman–Crippen LogP) is 2.85. The number of nitrogens with two attached hydrogens (primary N) is 1. The molecule has 0 amide bonds. The average Bonchev–Trinajstić information content (AvgIpc) is 2.24. The fourth-order valence-electron chi connectivity index (χ4n) is 1.96. The Morgan fingerprint density at radius 3 is 1.67 bits per heavy atom. The number of rotatable bonds is 3. The van der Waals surface area contributed by atoms with Crippen LogP contribution in [0.3, 0.4) is 0 Å². The zero-order valence-electron chi connectivity index (χ0n) is 10.5. The van der Waals surface area contributed by atoms with E-state index < -0.39 is 0 Å². The minimum atomic E-state index is 0. The van der Waals surface area contributed by atoms with Crippen LogP contribution in [0.1, 0.15) is 29.2 Å². The van der Waals surface area contributed by atoms with Gasteiger partial charge in [-0.3, -0.25) is 0 Å². The Morgan fingerprint density at radius 1 is 0.867 bits per heavy atom. The summed E-state index contributed by atoms with van der Waals surface area (Å²) in [5, 5.41) is 3.41. The molecule has 0 unspecified atom stereocenters. The first-order valence-corrected chi connectivity index (χ1v) is 5.51. The molecule has 0 saturated heterocycles. The summed E-state index contributed by atoms with van der Waals surface area (Å²) in [7, 11) is 0. The molecule has 0 spiro atoms. The van der Waals surface area contributed by atoms with Crippen LogP contribution in [-0.2, 0) is 0 Å². The molecule has 2 nitrogen and oxygen atoms in total. The fourth-order valence-corrected chi connectivity index (χ4v) is 1.96. The van der Waals surface area contributed by atoms with E-state index in [1.807, 2.05) is 0 Å². The topological polar surface area (TPSA) is 38.0 Å². The maximum absolute atomic E-state index is 5.52. The number of benzene rings is 1. The van der Waals surface area contributed by atoms with E-state index >= 15 is 0 Å². The largest absolute Gasteiger partial charge is 0.383 e. The van der Waals surface area contributed by atoms with Gasteiger partial charge in [-0.25, -0.2) is 0 Å². The van der Waals surface area contributed by atoms with Crippen molar-refractivity contribution in [2.45, 2.75) is 34.6 Å². The second kappa shape index (κ2) is 4.67. The Morgan fingerprint density at radius 2 is 1.27 bits per heavy atom. The average molecular weight is 208 g/mol. The minimum absolute atomic E-state index is 0. The summed E-state index contributed by atoms with van der Waals surface area (Å²) in [5.41, 5.74) is 13.7. The maximum atomic E-state index is 5.52. The minimum Gasteiger partial charge on any atom is -0.383 e. The van der Waals surface area contributed by atoms with Crippen molar-refractivity contribution >= 4 is 5.69 Å². The molecule has 86 valence electrons. The Kier molecular flexibility index (Phi) is 3.75. The molecule has 0 aromatic heterocycles. The van der Waals surface area contributed by atoms with Gasteiger partial charge in [0, 0.05) is 20.2 Å². The lowest BCUT2D eigenvalue weighted by Crippen LogP contribution is -2.15. The molecule has 1 aromatic rings. The van der Waals surface area contributed by atoms with Crippen molar-refractivity contribution in [2.24, 2.45) is 5.73 Å². The lowest BCUT2D eigenvalue weighted by Gasteiger charge is -2.19. The lowest BCUT2D eigenvalue weighted by atomic mass is 9.93. The molecule has 0 aliphatic heterocycles. The van der Waals surface area contributed by atoms with Gasteiger partial charge in [-0.1, -0.05) is 0 Å². The highest BCUT2D eigenvalue weighted by molar-refractivity contribution is 5.64. The van der Waals surface area contributed by atoms with Gasteiger partial charge in [-0.05, 0) is 62.4 Å². The Hall–Kier alpha value is -1.02. The Labute approximate surface area is 94.4 Å². The number of anilines is 1. The third kappa shape index (κ3) is 2.15. The number of hydrogen-bond acceptors (Lipinski definition) is 2. The van der Waals surface area contributed by atoms with Crippen molar-refractivity contribution in [3.8, 4) is 0 Å². The second-order valence-corrected chi connectivity index (χ2v) is 4.22. The highest BCUT2D eigenvalue weighted by Gasteiger charge is 2.10. The molecule has 0 fully saturated rings. The first-order valence-electron chi connectivity index (χ1n) is 5.51. The molecule has 0 aliphatic carbocycles. The van der Waals surface area contributed by atoms with Crippen LogP contribution < -0.4 is 11.1 Å². The van der Waals surface area contributed by atoms with E-state index in [9.17, 15) is 0 Å². The van der Waals surface area contributed by atoms with Crippen LogP contribution in [0, 0.1) is 34.6 Å².